The number of rotatable bonds is 6. The number of aromatic nitrogens is 2. The van der Waals surface area contributed by atoms with Crippen LogP contribution in [0.1, 0.15) is 6.92 Å². The summed E-state index contributed by atoms with van der Waals surface area (Å²) < 4.78 is 16.2. The van der Waals surface area contributed by atoms with Crippen LogP contribution in [0.5, 0.6) is 11.5 Å². The second-order valence-electron chi connectivity index (χ2n) is 6.47. The van der Waals surface area contributed by atoms with Crippen molar-refractivity contribution in [3.05, 3.63) is 48.7 Å². The van der Waals surface area contributed by atoms with E-state index in [2.05, 4.69) is 15.3 Å². The quantitative estimate of drug-likeness (QED) is 0.475. The number of hydrogen-bond donors (Lipinski definition) is 1. The number of carbonyl (C=O) groups is 2. The van der Waals surface area contributed by atoms with Gasteiger partial charge in [0.2, 0.25) is 0 Å². The Labute approximate surface area is 176 Å². The van der Waals surface area contributed by atoms with E-state index in [9.17, 15) is 9.59 Å². The number of hydrogen-bond acceptors (Lipinski definition) is 8. The summed E-state index contributed by atoms with van der Waals surface area (Å²) in [6.07, 6.45) is 0.659. The van der Waals surface area contributed by atoms with E-state index in [4.69, 9.17) is 14.2 Å². The molecular weight excluding hydrogens is 406 g/mol. The fourth-order valence-corrected chi connectivity index (χ4v) is 3.42. The Kier molecular flexibility index (Phi) is 5.99. The largest absolute Gasteiger partial charge is 0.486 e. The smallest absolute Gasteiger partial charge is 0.317 e. The molecule has 3 aromatic rings. The van der Waals surface area contributed by atoms with Crippen LogP contribution in [-0.2, 0) is 14.3 Å². The van der Waals surface area contributed by atoms with Crippen LogP contribution in [0, 0.1) is 0 Å². The van der Waals surface area contributed by atoms with Gasteiger partial charge in [-0.1, -0.05) is 23.9 Å². The second kappa shape index (κ2) is 9.00. The third-order valence-electron chi connectivity index (χ3n) is 4.25. The number of anilines is 1. The highest BCUT2D eigenvalue weighted by Gasteiger charge is 2.19. The molecule has 9 heteroatoms. The third kappa shape index (κ3) is 4.80. The van der Waals surface area contributed by atoms with Crippen molar-refractivity contribution in [2.45, 2.75) is 18.1 Å². The van der Waals surface area contributed by atoms with Crippen LogP contribution in [0.2, 0.25) is 0 Å². The van der Waals surface area contributed by atoms with E-state index in [0.29, 0.717) is 35.4 Å². The topological polar surface area (TPSA) is 99.6 Å². The minimum atomic E-state index is -0.950. The van der Waals surface area contributed by atoms with Crippen molar-refractivity contribution in [2.24, 2.45) is 0 Å². The summed E-state index contributed by atoms with van der Waals surface area (Å²) in [5, 5.41) is 3.32. The van der Waals surface area contributed by atoms with Gasteiger partial charge in [-0.3, -0.25) is 14.6 Å². The van der Waals surface area contributed by atoms with Gasteiger partial charge in [0.05, 0.1) is 23.0 Å². The summed E-state index contributed by atoms with van der Waals surface area (Å²) in [7, 11) is 0. The van der Waals surface area contributed by atoms with Gasteiger partial charge in [-0.15, -0.1) is 0 Å². The van der Waals surface area contributed by atoms with E-state index in [0.717, 1.165) is 11.0 Å². The number of carbonyl (C=O) groups excluding carboxylic acids is 2. The third-order valence-corrected chi connectivity index (χ3v) is 5.12. The number of esters is 1. The van der Waals surface area contributed by atoms with E-state index < -0.39 is 18.0 Å². The number of para-hydroxylation sites is 2. The predicted molar refractivity (Wildman–Crippen MR) is 112 cm³/mol. The number of benzene rings is 2. The van der Waals surface area contributed by atoms with Crippen LogP contribution in [0.3, 0.4) is 0 Å². The highest BCUT2D eigenvalue weighted by atomic mass is 32.2. The average molecular weight is 425 g/mol. The van der Waals surface area contributed by atoms with Crippen LogP contribution in [0.15, 0.2) is 53.7 Å². The molecule has 1 unspecified atom stereocenters. The number of thioether (sulfide) groups is 1. The van der Waals surface area contributed by atoms with E-state index in [1.165, 1.54) is 18.7 Å². The molecule has 1 aliphatic heterocycles. The zero-order valence-electron chi connectivity index (χ0n) is 16.2. The average Bonchev–Trinajstić information content (AvgIpc) is 2.77. The number of amides is 1. The van der Waals surface area contributed by atoms with E-state index in [1.807, 2.05) is 24.3 Å². The molecule has 2 heterocycles. The van der Waals surface area contributed by atoms with Crippen molar-refractivity contribution in [3.63, 3.8) is 0 Å². The van der Waals surface area contributed by atoms with E-state index in [1.54, 1.807) is 24.4 Å². The van der Waals surface area contributed by atoms with Crippen molar-refractivity contribution in [1.29, 1.82) is 0 Å². The standard InChI is InChI=1S/C21H19N3O5S/c1-13(21(26)23-14-6-7-17-18(10-14)28-9-8-27-17)29-20(25)12-30-19-11-22-15-4-2-3-5-16(15)24-19/h2-7,10-11,13H,8-9,12H2,1H3,(H,23,26). The van der Waals surface area contributed by atoms with E-state index >= 15 is 0 Å². The molecule has 2 aromatic carbocycles. The highest BCUT2D eigenvalue weighted by molar-refractivity contribution is 7.99. The summed E-state index contributed by atoms with van der Waals surface area (Å²) in [6.45, 7) is 2.47. The maximum absolute atomic E-state index is 12.3. The Morgan fingerprint density at radius 1 is 1.13 bits per heavy atom. The van der Waals surface area contributed by atoms with Gasteiger partial charge in [0.15, 0.2) is 17.6 Å². The van der Waals surface area contributed by atoms with Crippen LogP contribution in [-0.4, -0.2) is 46.9 Å². The first-order valence-corrected chi connectivity index (χ1v) is 10.3. The normalized spacial score (nSPS) is 13.5. The zero-order valence-corrected chi connectivity index (χ0v) is 17.0. The molecule has 0 fully saturated rings. The molecule has 1 atom stereocenters. The van der Waals surface area contributed by atoms with Crippen LogP contribution in [0.4, 0.5) is 5.69 Å². The summed E-state index contributed by atoms with van der Waals surface area (Å²) >= 11 is 1.21. The van der Waals surface area contributed by atoms with Crippen LogP contribution >= 0.6 is 11.8 Å². The maximum Gasteiger partial charge on any atom is 0.317 e. The number of ether oxygens (including phenoxy) is 3. The number of nitrogens with one attached hydrogen (secondary N) is 1. The van der Waals surface area contributed by atoms with Gasteiger partial charge in [0, 0.05) is 11.8 Å². The lowest BCUT2D eigenvalue weighted by Gasteiger charge is -2.19. The summed E-state index contributed by atoms with van der Waals surface area (Å²) in [4.78, 5) is 33.2. The predicted octanol–water partition coefficient (Wildman–Crippen LogP) is 3.06. The van der Waals surface area contributed by atoms with Crippen LogP contribution < -0.4 is 14.8 Å². The fourth-order valence-electron chi connectivity index (χ4n) is 2.79. The van der Waals surface area contributed by atoms with Crippen molar-refractivity contribution >= 4 is 40.4 Å². The van der Waals surface area contributed by atoms with Crippen LogP contribution in [0.25, 0.3) is 11.0 Å². The lowest BCUT2D eigenvalue weighted by molar-refractivity contribution is -0.150. The fraction of sp³-hybridized carbons (Fsp3) is 0.238. The SMILES string of the molecule is CC(OC(=O)CSc1cnc2ccccc2n1)C(=O)Nc1ccc2c(c1)OCCO2. The molecule has 30 heavy (non-hydrogen) atoms. The van der Waals surface area contributed by atoms with E-state index in [-0.39, 0.29) is 5.75 Å². The Bertz CT molecular complexity index is 1090. The molecule has 0 saturated heterocycles. The van der Waals surface area contributed by atoms with Crippen molar-refractivity contribution < 1.29 is 23.8 Å². The molecule has 1 aliphatic rings. The van der Waals surface area contributed by atoms with Gasteiger partial charge in [-0.2, -0.15) is 0 Å². The molecule has 0 bridgehead atoms. The Balaban J connectivity index is 1.28. The van der Waals surface area contributed by atoms with Gasteiger partial charge >= 0.3 is 5.97 Å². The first-order chi connectivity index (χ1) is 14.6. The molecule has 8 nitrogen and oxygen atoms in total. The van der Waals surface area contributed by atoms with Crippen molar-refractivity contribution in [1.82, 2.24) is 9.97 Å². The monoisotopic (exact) mass is 425 g/mol. The molecule has 0 radical (unpaired) electrons. The number of nitrogens with zero attached hydrogens (tertiary/aromatic N) is 2. The minimum absolute atomic E-state index is 0.0225. The first-order valence-electron chi connectivity index (χ1n) is 9.33. The molecular formula is C21H19N3O5S. The van der Waals surface area contributed by atoms with Gasteiger partial charge in [-0.25, -0.2) is 4.98 Å². The zero-order chi connectivity index (χ0) is 20.9. The molecule has 0 spiro atoms. The minimum Gasteiger partial charge on any atom is -0.486 e. The highest BCUT2D eigenvalue weighted by Crippen LogP contribution is 2.32. The first kappa shape index (κ1) is 20.0. The number of fused-ring (bicyclic) bond motifs is 2. The van der Waals surface area contributed by atoms with Gasteiger partial charge in [0.1, 0.15) is 18.2 Å². The van der Waals surface area contributed by atoms with Gasteiger partial charge < -0.3 is 19.5 Å². The lowest BCUT2D eigenvalue weighted by Crippen LogP contribution is -2.30. The summed E-state index contributed by atoms with van der Waals surface area (Å²) in [5.74, 6) is 0.272. The van der Waals surface area contributed by atoms with Crippen molar-refractivity contribution in [2.75, 3.05) is 24.3 Å². The van der Waals surface area contributed by atoms with Gasteiger partial charge in [0.25, 0.3) is 5.91 Å². The Morgan fingerprint density at radius 3 is 2.73 bits per heavy atom. The maximum atomic E-state index is 12.3. The molecule has 0 aliphatic carbocycles. The van der Waals surface area contributed by atoms with Gasteiger partial charge in [-0.05, 0) is 31.2 Å². The van der Waals surface area contributed by atoms with Crippen molar-refractivity contribution in [3.8, 4) is 11.5 Å². The molecule has 1 amide bonds. The molecule has 0 saturated carbocycles. The molecule has 154 valence electrons. The molecule has 4 rings (SSSR count). The lowest BCUT2D eigenvalue weighted by atomic mass is 10.2. The summed E-state index contributed by atoms with van der Waals surface area (Å²) in [5.41, 5.74) is 2.07. The second-order valence-corrected chi connectivity index (χ2v) is 7.46. The Morgan fingerprint density at radius 2 is 1.90 bits per heavy atom. The Hall–Kier alpha value is -3.33. The summed E-state index contributed by atoms with van der Waals surface area (Å²) in [6, 6.07) is 12.6. The molecule has 1 aromatic heterocycles. The molecule has 1 N–H and O–H groups in total.